The molecule has 23 heavy (non-hydrogen) atoms. The number of nitrogens with one attached hydrogen (secondary N) is 1. The van der Waals surface area contributed by atoms with E-state index < -0.39 is 26.7 Å². The summed E-state index contributed by atoms with van der Waals surface area (Å²) in [7, 11) is -4.29. The summed E-state index contributed by atoms with van der Waals surface area (Å²) in [6.07, 6.45) is -2.93. The van der Waals surface area contributed by atoms with Crippen LogP contribution in [0, 0.1) is 0 Å². The Bertz CT molecular complexity index is 780. The Balaban J connectivity index is 2.21. The number of benzene rings is 1. The molecule has 0 aliphatic rings. The highest BCUT2D eigenvalue weighted by atomic mass is 79.9. The fourth-order valence-corrected chi connectivity index (χ4v) is 3.68. The van der Waals surface area contributed by atoms with Gasteiger partial charge in [0.1, 0.15) is 0 Å². The number of sulfonamides is 1. The van der Waals surface area contributed by atoms with Crippen molar-refractivity contribution in [2.45, 2.75) is 17.5 Å². The van der Waals surface area contributed by atoms with E-state index in [4.69, 9.17) is 0 Å². The van der Waals surface area contributed by atoms with Crippen LogP contribution in [0.5, 0.6) is 0 Å². The van der Waals surface area contributed by atoms with Crippen LogP contribution in [0.1, 0.15) is 11.3 Å². The predicted molar refractivity (Wildman–Crippen MR) is 82.3 cm³/mol. The van der Waals surface area contributed by atoms with Crippen molar-refractivity contribution in [3.63, 3.8) is 0 Å². The van der Waals surface area contributed by atoms with E-state index in [1.807, 2.05) is 0 Å². The maximum absolute atomic E-state index is 13.0. The van der Waals surface area contributed by atoms with Crippen LogP contribution in [-0.4, -0.2) is 19.9 Å². The average Bonchev–Trinajstić information content (AvgIpc) is 2.47. The lowest BCUT2D eigenvalue weighted by molar-refractivity contribution is -0.139. The molecule has 0 saturated heterocycles. The molecule has 0 atom stereocenters. The number of hydrogen-bond acceptors (Lipinski definition) is 3. The van der Waals surface area contributed by atoms with Gasteiger partial charge in [0, 0.05) is 29.3 Å². The van der Waals surface area contributed by atoms with E-state index in [0.29, 0.717) is 5.69 Å². The summed E-state index contributed by atoms with van der Waals surface area (Å²) in [6.45, 7) is -0.0524. The van der Waals surface area contributed by atoms with E-state index in [-0.39, 0.29) is 17.4 Å². The molecule has 0 spiro atoms. The summed E-state index contributed by atoms with van der Waals surface area (Å²) in [5.74, 6) is 0. The van der Waals surface area contributed by atoms with E-state index in [0.717, 1.165) is 18.2 Å². The van der Waals surface area contributed by atoms with Crippen molar-refractivity contribution in [3.8, 4) is 0 Å². The van der Waals surface area contributed by atoms with Gasteiger partial charge in [-0.25, -0.2) is 13.1 Å². The molecule has 0 aliphatic carbocycles. The molecule has 1 heterocycles. The van der Waals surface area contributed by atoms with Gasteiger partial charge in [0.2, 0.25) is 10.0 Å². The molecule has 124 valence electrons. The topological polar surface area (TPSA) is 59.1 Å². The monoisotopic (exact) mass is 408 g/mol. The summed E-state index contributed by atoms with van der Waals surface area (Å²) in [4.78, 5) is 3.21. The fourth-order valence-electron chi connectivity index (χ4n) is 1.89. The van der Waals surface area contributed by atoms with Crippen LogP contribution in [-0.2, 0) is 22.6 Å². The van der Waals surface area contributed by atoms with Gasteiger partial charge in [-0.1, -0.05) is 22.0 Å². The van der Waals surface area contributed by atoms with Crippen molar-refractivity contribution < 1.29 is 21.6 Å². The quantitative estimate of drug-likeness (QED) is 0.824. The Morgan fingerprint density at radius 2 is 1.91 bits per heavy atom. The Labute approximate surface area is 139 Å². The van der Waals surface area contributed by atoms with Crippen LogP contribution >= 0.6 is 15.9 Å². The van der Waals surface area contributed by atoms with Gasteiger partial charge in [0.05, 0.1) is 10.5 Å². The van der Waals surface area contributed by atoms with Crippen molar-refractivity contribution in [2.75, 3.05) is 6.54 Å². The molecule has 0 bridgehead atoms. The molecule has 1 N–H and O–H groups in total. The van der Waals surface area contributed by atoms with Gasteiger partial charge < -0.3 is 0 Å². The highest BCUT2D eigenvalue weighted by molar-refractivity contribution is 9.10. The minimum atomic E-state index is -4.76. The van der Waals surface area contributed by atoms with Crippen molar-refractivity contribution in [2.24, 2.45) is 0 Å². The van der Waals surface area contributed by atoms with E-state index in [2.05, 4.69) is 25.6 Å². The van der Waals surface area contributed by atoms with E-state index in [1.165, 1.54) is 0 Å². The summed E-state index contributed by atoms with van der Waals surface area (Å²) < 4.78 is 65.7. The third kappa shape index (κ3) is 4.76. The number of aromatic nitrogens is 1. The minimum absolute atomic E-state index is 0.0524. The van der Waals surface area contributed by atoms with Crippen molar-refractivity contribution in [3.05, 3.63) is 58.3 Å². The van der Waals surface area contributed by atoms with Crippen LogP contribution in [0.2, 0.25) is 0 Å². The third-order valence-electron chi connectivity index (χ3n) is 2.94. The van der Waals surface area contributed by atoms with Crippen LogP contribution in [0.15, 0.2) is 52.0 Å². The SMILES string of the molecule is O=S(=O)(NCCc1ccccn1)c1cc(Br)ccc1C(F)(F)F. The van der Waals surface area contributed by atoms with Gasteiger partial charge in [-0.3, -0.25) is 4.98 Å². The highest BCUT2D eigenvalue weighted by Gasteiger charge is 2.37. The Hall–Kier alpha value is -1.45. The van der Waals surface area contributed by atoms with E-state index in [1.54, 1.807) is 24.4 Å². The first-order valence-corrected chi connectivity index (χ1v) is 8.74. The molecule has 0 unspecified atom stereocenters. The average molecular weight is 409 g/mol. The fraction of sp³-hybridized carbons (Fsp3) is 0.214. The van der Waals surface area contributed by atoms with Gasteiger partial charge in [-0.2, -0.15) is 13.2 Å². The molecule has 1 aromatic carbocycles. The maximum Gasteiger partial charge on any atom is 0.417 e. The van der Waals surface area contributed by atoms with E-state index >= 15 is 0 Å². The second kappa shape index (κ2) is 6.98. The lowest BCUT2D eigenvalue weighted by Crippen LogP contribution is -2.28. The zero-order valence-corrected chi connectivity index (χ0v) is 14.0. The molecule has 0 amide bonds. The van der Waals surface area contributed by atoms with Gasteiger partial charge in [0.15, 0.2) is 0 Å². The number of rotatable bonds is 5. The van der Waals surface area contributed by atoms with Crippen molar-refractivity contribution in [1.29, 1.82) is 0 Å². The number of nitrogens with zero attached hydrogens (tertiary/aromatic N) is 1. The molecule has 9 heteroatoms. The standard InChI is InChI=1S/C14H12BrF3N2O2S/c15-10-4-5-12(14(16,17)18)13(9-10)23(21,22)20-8-6-11-3-1-2-7-19-11/h1-5,7,9,20H,6,8H2. The number of pyridine rings is 1. The molecule has 0 saturated carbocycles. The molecular weight excluding hydrogens is 397 g/mol. The van der Waals surface area contributed by atoms with Crippen LogP contribution < -0.4 is 4.72 Å². The van der Waals surface area contributed by atoms with Gasteiger partial charge in [-0.15, -0.1) is 0 Å². The second-order valence-corrected chi connectivity index (χ2v) is 7.26. The Morgan fingerprint density at radius 3 is 2.52 bits per heavy atom. The van der Waals surface area contributed by atoms with Crippen LogP contribution in [0.4, 0.5) is 13.2 Å². The molecular formula is C14H12BrF3N2O2S. The lowest BCUT2D eigenvalue weighted by atomic mass is 10.2. The first kappa shape index (κ1) is 17.9. The van der Waals surface area contributed by atoms with Crippen LogP contribution in [0.3, 0.4) is 0 Å². The molecule has 1 aromatic heterocycles. The zero-order valence-electron chi connectivity index (χ0n) is 11.6. The number of hydrogen-bond donors (Lipinski definition) is 1. The van der Waals surface area contributed by atoms with Crippen LogP contribution in [0.25, 0.3) is 0 Å². The Kier molecular flexibility index (Phi) is 5.43. The zero-order chi connectivity index (χ0) is 17.1. The third-order valence-corrected chi connectivity index (χ3v) is 4.93. The normalized spacial score (nSPS) is 12.3. The first-order chi connectivity index (χ1) is 10.7. The predicted octanol–water partition coefficient (Wildman–Crippen LogP) is 3.38. The van der Waals surface area contributed by atoms with Crippen molar-refractivity contribution >= 4 is 26.0 Å². The highest BCUT2D eigenvalue weighted by Crippen LogP contribution is 2.35. The maximum atomic E-state index is 13.0. The largest absolute Gasteiger partial charge is 0.417 e. The molecule has 4 nitrogen and oxygen atoms in total. The summed E-state index contributed by atoms with van der Waals surface area (Å²) in [6, 6.07) is 7.98. The van der Waals surface area contributed by atoms with Gasteiger partial charge in [-0.05, 0) is 30.3 Å². The summed E-state index contributed by atoms with van der Waals surface area (Å²) >= 11 is 2.99. The minimum Gasteiger partial charge on any atom is -0.261 e. The summed E-state index contributed by atoms with van der Waals surface area (Å²) in [5.41, 5.74) is -0.563. The van der Waals surface area contributed by atoms with Crippen molar-refractivity contribution in [1.82, 2.24) is 9.71 Å². The Morgan fingerprint density at radius 1 is 1.17 bits per heavy atom. The molecule has 2 aromatic rings. The first-order valence-electron chi connectivity index (χ1n) is 6.46. The summed E-state index contributed by atoms with van der Waals surface area (Å²) in [5, 5.41) is 0. The van der Waals surface area contributed by atoms with Gasteiger partial charge >= 0.3 is 6.18 Å². The molecule has 0 radical (unpaired) electrons. The molecule has 0 fully saturated rings. The number of alkyl halides is 3. The molecule has 0 aliphatic heterocycles. The van der Waals surface area contributed by atoms with E-state index in [9.17, 15) is 21.6 Å². The number of halogens is 4. The van der Waals surface area contributed by atoms with Gasteiger partial charge in [0.25, 0.3) is 0 Å². The second-order valence-electron chi connectivity index (χ2n) is 4.61. The lowest BCUT2D eigenvalue weighted by Gasteiger charge is -2.14. The smallest absolute Gasteiger partial charge is 0.261 e. The molecule has 2 rings (SSSR count).